The molecule has 1 aromatic carbocycles. The molecular formula is C14H17N5O2. The largest absolute Gasteiger partial charge is 0.489 e. The molecule has 0 aliphatic rings. The van der Waals surface area contributed by atoms with Crippen LogP contribution < -0.4 is 10.5 Å². The number of anilines is 1. The molecule has 0 aliphatic carbocycles. The van der Waals surface area contributed by atoms with Gasteiger partial charge in [-0.3, -0.25) is 0 Å². The molecule has 0 saturated carbocycles. The number of benzene rings is 1. The average Bonchev–Trinajstić information content (AvgIpc) is 2.96. The summed E-state index contributed by atoms with van der Waals surface area (Å²) in [6.45, 7) is 6.10. The SMILES string of the molecule is Cc1noc(Cn2c(N)nc3c(OC(C)C)cccc32)n1. The topological polar surface area (TPSA) is 92.0 Å². The Labute approximate surface area is 121 Å². The second-order valence-corrected chi connectivity index (χ2v) is 5.08. The maximum atomic E-state index is 6.01. The Bertz CT molecular complexity index is 775. The third-order valence-corrected chi connectivity index (χ3v) is 3.00. The molecule has 3 aromatic rings. The number of ether oxygens (including phenoxy) is 1. The van der Waals surface area contributed by atoms with E-state index in [0.29, 0.717) is 24.2 Å². The summed E-state index contributed by atoms with van der Waals surface area (Å²) in [4.78, 5) is 8.59. The van der Waals surface area contributed by atoms with Crippen molar-refractivity contribution in [3.05, 3.63) is 29.9 Å². The molecule has 3 rings (SSSR count). The number of hydrogen-bond donors (Lipinski definition) is 1. The molecule has 110 valence electrons. The third-order valence-electron chi connectivity index (χ3n) is 3.00. The van der Waals surface area contributed by atoms with Gasteiger partial charge in [0.1, 0.15) is 17.8 Å². The van der Waals surface area contributed by atoms with Crippen LogP contribution in [-0.4, -0.2) is 25.8 Å². The molecule has 0 fully saturated rings. The zero-order chi connectivity index (χ0) is 15.0. The monoisotopic (exact) mass is 287 g/mol. The van der Waals surface area contributed by atoms with Crippen molar-refractivity contribution in [3.63, 3.8) is 0 Å². The van der Waals surface area contributed by atoms with Gasteiger partial charge in [-0.25, -0.2) is 4.98 Å². The molecule has 2 N–H and O–H groups in total. The number of para-hydroxylation sites is 1. The van der Waals surface area contributed by atoms with E-state index in [2.05, 4.69) is 15.1 Å². The van der Waals surface area contributed by atoms with Crippen molar-refractivity contribution in [3.8, 4) is 5.75 Å². The number of fused-ring (bicyclic) bond motifs is 1. The number of imidazole rings is 1. The van der Waals surface area contributed by atoms with E-state index in [1.54, 1.807) is 6.92 Å². The molecule has 21 heavy (non-hydrogen) atoms. The molecule has 0 radical (unpaired) electrons. The highest BCUT2D eigenvalue weighted by molar-refractivity contribution is 5.84. The van der Waals surface area contributed by atoms with Gasteiger partial charge in [-0.15, -0.1) is 0 Å². The number of nitrogens with zero attached hydrogens (tertiary/aromatic N) is 4. The summed E-state index contributed by atoms with van der Waals surface area (Å²) < 4.78 is 12.7. The van der Waals surface area contributed by atoms with Crippen molar-refractivity contribution < 1.29 is 9.26 Å². The van der Waals surface area contributed by atoms with Crippen molar-refractivity contribution >= 4 is 17.0 Å². The van der Waals surface area contributed by atoms with Crippen LogP contribution in [0.25, 0.3) is 11.0 Å². The van der Waals surface area contributed by atoms with Gasteiger partial charge in [0.2, 0.25) is 11.8 Å². The number of rotatable bonds is 4. The van der Waals surface area contributed by atoms with Gasteiger partial charge < -0.3 is 19.6 Å². The molecule has 0 amide bonds. The minimum atomic E-state index is 0.0700. The number of aromatic nitrogens is 4. The Morgan fingerprint density at radius 2 is 2.14 bits per heavy atom. The lowest BCUT2D eigenvalue weighted by atomic mass is 10.3. The fourth-order valence-corrected chi connectivity index (χ4v) is 2.19. The first kappa shape index (κ1) is 13.4. The lowest BCUT2D eigenvalue weighted by molar-refractivity contribution is 0.245. The van der Waals surface area contributed by atoms with Crippen LogP contribution in [0.2, 0.25) is 0 Å². The zero-order valence-electron chi connectivity index (χ0n) is 12.2. The van der Waals surface area contributed by atoms with E-state index < -0.39 is 0 Å². The summed E-state index contributed by atoms with van der Waals surface area (Å²) in [5.41, 5.74) is 7.63. The van der Waals surface area contributed by atoms with Gasteiger partial charge in [0.05, 0.1) is 11.6 Å². The minimum Gasteiger partial charge on any atom is -0.489 e. The predicted octanol–water partition coefficient (Wildman–Crippen LogP) is 2.15. The third kappa shape index (κ3) is 2.54. The second kappa shape index (κ2) is 5.08. The fraction of sp³-hybridized carbons (Fsp3) is 0.357. The second-order valence-electron chi connectivity index (χ2n) is 5.08. The van der Waals surface area contributed by atoms with Gasteiger partial charge in [-0.05, 0) is 32.9 Å². The van der Waals surface area contributed by atoms with Crippen LogP contribution in [-0.2, 0) is 6.54 Å². The van der Waals surface area contributed by atoms with Crippen molar-refractivity contribution in [2.24, 2.45) is 0 Å². The lowest BCUT2D eigenvalue weighted by Crippen LogP contribution is -2.06. The predicted molar refractivity (Wildman–Crippen MR) is 78.0 cm³/mol. The smallest absolute Gasteiger partial charge is 0.246 e. The summed E-state index contributed by atoms with van der Waals surface area (Å²) >= 11 is 0. The van der Waals surface area contributed by atoms with Crippen LogP contribution in [0, 0.1) is 6.92 Å². The molecular weight excluding hydrogens is 270 g/mol. The van der Waals surface area contributed by atoms with E-state index in [1.165, 1.54) is 0 Å². The quantitative estimate of drug-likeness (QED) is 0.790. The molecule has 0 saturated heterocycles. The Morgan fingerprint density at radius 1 is 1.33 bits per heavy atom. The highest BCUT2D eigenvalue weighted by Crippen LogP contribution is 2.28. The van der Waals surface area contributed by atoms with Crippen LogP contribution >= 0.6 is 0 Å². The summed E-state index contributed by atoms with van der Waals surface area (Å²) in [5, 5.41) is 3.78. The molecule has 2 aromatic heterocycles. The van der Waals surface area contributed by atoms with Gasteiger partial charge in [0.25, 0.3) is 0 Å². The van der Waals surface area contributed by atoms with E-state index in [0.717, 1.165) is 16.8 Å². The van der Waals surface area contributed by atoms with Crippen molar-refractivity contribution in [1.29, 1.82) is 0 Å². The zero-order valence-corrected chi connectivity index (χ0v) is 12.2. The first-order chi connectivity index (χ1) is 10.0. The fourth-order valence-electron chi connectivity index (χ4n) is 2.19. The number of nitrogen functional groups attached to an aromatic ring is 1. The minimum absolute atomic E-state index is 0.0700. The van der Waals surface area contributed by atoms with Gasteiger partial charge in [0.15, 0.2) is 5.82 Å². The summed E-state index contributed by atoms with van der Waals surface area (Å²) in [7, 11) is 0. The maximum absolute atomic E-state index is 6.01. The van der Waals surface area contributed by atoms with E-state index in [1.807, 2.05) is 36.6 Å². The van der Waals surface area contributed by atoms with E-state index in [9.17, 15) is 0 Å². The molecule has 2 heterocycles. The summed E-state index contributed by atoms with van der Waals surface area (Å²) in [5.74, 6) is 2.20. The van der Waals surface area contributed by atoms with Gasteiger partial charge in [-0.2, -0.15) is 4.98 Å². The van der Waals surface area contributed by atoms with E-state index >= 15 is 0 Å². The lowest BCUT2D eigenvalue weighted by Gasteiger charge is -2.10. The van der Waals surface area contributed by atoms with Crippen LogP contribution in [0.1, 0.15) is 25.6 Å². The van der Waals surface area contributed by atoms with Gasteiger partial charge >= 0.3 is 0 Å². The van der Waals surface area contributed by atoms with Crippen molar-refractivity contribution in [2.45, 2.75) is 33.4 Å². The molecule has 0 bridgehead atoms. The Hall–Kier alpha value is -2.57. The van der Waals surface area contributed by atoms with Gasteiger partial charge in [-0.1, -0.05) is 11.2 Å². The highest BCUT2D eigenvalue weighted by Gasteiger charge is 2.15. The standard InChI is InChI=1S/C14H17N5O2/c1-8(2)20-11-6-4-5-10-13(11)17-14(15)19(10)7-12-16-9(3)18-21-12/h4-6,8H,7H2,1-3H3,(H2,15,17). The Kier molecular flexibility index (Phi) is 3.25. The molecule has 7 heteroatoms. The normalized spacial score (nSPS) is 11.4. The van der Waals surface area contributed by atoms with Crippen LogP contribution in [0.15, 0.2) is 22.7 Å². The van der Waals surface area contributed by atoms with Gasteiger partial charge in [0, 0.05) is 0 Å². The van der Waals surface area contributed by atoms with Crippen molar-refractivity contribution in [1.82, 2.24) is 19.7 Å². The molecule has 0 unspecified atom stereocenters. The maximum Gasteiger partial charge on any atom is 0.246 e. The van der Waals surface area contributed by atoms with Crippen LogP contribution in [0.5, 0.6) is 5.75 Å². The Morgan fingerprint density at radius 3 is 2.81 bits per heavy atom. The molecule has 0 atom stereocenters. The molecule has 7 nitrogen and oxygen atoms in total. The first-order valence-electron chi connectivity index (χ1n) is 6.75. The Balaban J connectivity index is 2.05. The highest BCUT2D eigenvalue weighted by atomic mass is 16.5. The van der Waals surface area contributed by atoms with Crippen LogP contribution in [0.3, 0.4) is 0 Å². The average molecular weight is 287 g/mol. The number of aryl methyl sites for hydroxylation is 1. The van der Waals surface area contributed by atoms with E-state index in [-0.39, 0.29) is 6.10 Å². The number of hydrogen-bond acceptors (Lipinski definition) is 6. The molecule has 0 aliphatic heterocycles. The molecule has 0 spiro atoms. The summed E-state index contributed by atoms with van der Waals surface area (Å²) in [6.07, 6.45) is 0.0700. The van der Waals surface area contributed by atoms with Crippen molar-refractivity contribution in [2.75, 3.05) is 5.73 Å². The van der Waals surface area contributed by atoms with E-state index in [4.69, 9.17) is 15.0 Å². The van der Waals surface area contributed by atoms with Crippen LogP contribution in [0.4, 0.5) is 5.95 Å². The number of nitrogens with two attached hydrogens (primary N) is 1. The first-order valence-corrected chi connectivity index (χ1v) is 6.75. The summed E-state index contributed by atoms with van der Waals surface area (Å²) in [6, 6.07) is 5.74.